The van der Waals surface area contributed by atoms with Crippen molar-refractivity contribution in [3.63, 3.8) is 0 Å². The van der Waals surface area contributed by atoms with Gasteiger partial charge in [-0.1, -0.05) is 121 Å². The predicted molar refractivity (Wildman–Crippen MR) is 250 cm³/mol. The molecule has 2 aliphatic rings. The molecule has 4 aromatic rings. The molecule has 364 valence electrons. The molecule has 4 heterocycles. The minimum atomic E-state index is -4.71. The molecule has 67 heavy (non-hydrogen) atoms. The Morgan fingerprint density at radius 3 is 2.25 bits per heavy atom. The van der Waals surface area contributed by atoms with Crippen molar-refractivity contribution in [3.8, 4) is 17.9 Å². The van der Waals surface area contributed by atoms with Crippen molar-refractivity contribution in [3.05, 3.63) is 88.6 Å². The van der Waals surface area contributed by atoms with Gasteiger partial charge < -0.3 is 33.9 Å². The molecule has 2 fully saturated rings. The minimum Gasteiger partial charge on any atom is -0.402 e. The molecule has 0 amide bonds. The van der Waals surface area contributed by atoms with E-state index in [1.54, 1.807) is 48.7 Å². The number of unbranched alkanes of at least 4 members (excludes halogenated alkanes) is 14. The fourth-order valence-corrected chi connectivity index (χ4v) is 9.92. The Labute approximate surface area is 398 Å². The van der Waals surface area contributed by atoms with Gasteiger partial charge in [-0.05, 0) is 68.3 Å². The maximum Gasteiger partial charge on any atom is 0.530 e. The van der Waals surface area contributed by atoms with Crippen LogP contribution < -0.4 is 10.3 Å². The van der Waals surface area contributed by atoms with Crippen molar-refractivity contribution in [1.82, 2.24) is 14.6 Å². The summed E-state index contributed by atoms with van der Waals surface area (Å²) in [5.41, 5.74) is 5.78. The normalized spacial score (nSPS) is 21.1. The number of rotatable bonds is 30. The topological polar surface area (TPSA) is 195 Å². The van der Waals surface area contributed by atoms with E-state index in [2.05, 4.69) is 23.1 Å². The number of nitrogens with two attached hydrogens (primary N) is 1. The monoisotopic (exact) mass is 966 g/mol. The van der Waals surface area contributed by atoms with E-state index in [1.807, 2.05) is 6.07 Å². The molecular weight excluding hydrogens is 902 g/mol. The van der Waals surface area contributed by atoms with Crippen LogP contribution in [0.15, 0.2) is 60.9 Å². The SMILES string of the molecule is CCCCCCCCCCCCCCCCCOC[C@H](COP(=O)(OC[C@@]1(C#N)O[C@@H](c2ccc3c(N)ncnn23)[C@@H]2OC(C)(C)O[C@@H]21)Oc1ccccc1Cl)OCc1cc(F)cc(C#N)c1. The average molecular weight is 968 g/mol. The molecular formula is C49H65ClFN6O9P. The van der Waals surface area contributed by atoms with Gasteiger partial charge in [-0.15, -0.1) is 0 Å². The van der Waals surface area contributed by atoms with Crippen LogP contribution in [-0.4, -0.2) is 70.7 Å². The molecule has 18 heteroatoms. The van der Waals surface area contributed by atoms with Crippen LogP contribution in [-0.2, 0) is 43.9 Å². The number of phosphoric acid groups is 1. The third kappa shape index (κ3) is 14.9. The number of benzene rings is 2. The van der Waals surface area contributed by atoms with Crippen LogP contribution in [0, 0.1) is 28.5 Å². The Bertz CT molecular complexity index is 2330. The number of nitriles is 2. The molecule has 6 atom stereocenters. The third-order valence-electron chi connectivity index (χ3n) is 11.9. The number of halogens is 2. The van der Waals surface area contributed by atoms with E-state index in [0.29, 0.717) is 23.4 Å². The first kappa shape index (κ1) is 52.2. The fourth-order valence-electron chi connectivity index (χ4n) is 8.41. The van der Waals surface area contributed by atoms with E-state index in [9.17, 15) is 19.5 Å². The maximum absolute atomic E-state index is 14.9. The van der Waals surface area contributed by atoms with Crippen LogP contribution in [0.25, 0.3) is 5.52 Å². The summed E-state index contributed by atoms with van der Waals surface area (Å²) in [6, 6.07) is 17.9. The highest BCUT2D eigenvalue weighted by Gasteiger charge is 2.65. The van der Waals surface area contributed by atoms with Crippen molar-refractivity contribution in [1.29, 1.82) is 10.5 Å². The summed E-state index contributed by atoms with van der Waals surface area (Å²) in [4.78, 5) is 4.06. The first-order chi connectivity index (χ1) is 32.4. The van der Waals surface area contributed by atoms with Crippen LogP contribution in [0.5, 0.6) is 5.75 Å². The highest BCUT2D eigenvalue weighted by molar-refractivity contribution is 7.49. The molecule has 6 rings (SSSR count). The van der Waals surface area contributed by atoms with E-state index in [0.717, 1.165) is 25.3 Å². The molecule has 2 aromatic heterocycles. The lowest BCUT2D eigenvalue weighted by Crippen LogP contribution is -2.46. The lowest BCUT2D eigenvalue weighted by molar-refractivity contribution is -0.204. The van der Waals surface area contributed by atoms with E-state index in [-0.39, 0.29) is 42.0 Å². The van der Waals surface area contributed by atoms with E-state index in [1.165, 1.54) is 102 Å². The summed E-state index contributed by atoms with van der Waals surface area (Å²) in [5, 5.41) is 24.7. The molecule has 0 saturated carbocycles. The summed E-state index contributed by atoms with van der Waals surface area (Å²) in [5.74, 6) is -1.49. The van der Waals surface area contributed by atoms with Crippen LogP contribution in [0.3, 0.4) is 0 Å². The first-order valence-corrected chi connectivity index (χ1v) is 25.5. The Hall–Kier alpha value is -4.19. The van der Waals surface area contributed by atoms with E-state index < -0.39 is 56.1 Å². The van der Waals surface area contributed by atoms with Gasteiger partial charge in [-0.25, -0.2) is 18.5 Å². The molecule has 0 radical (unpaired) electrons. The van der Waals surface area contributed by atoms with Crippen molar-refractivity contribution in [2.24, 2.45) is 0 Å². The summed E-state index contributed by atoms with van der Waals surface area (Å²) in [6.45, 7) is 4.97. The van der Waals surface area contributed by atoms with Gasteiger partial charge in [0.15, 0.2) is 11.6 Å². The number of nitrogens with zero attached hydrogens (tertiary/aromatic N) is 5. The summed E-state index contributed by atoms with van der Waals surface area (Å²) < 4.78 is 80.1. The molecule has 15 nitrogen and oxygen atoms in total. The number of phosphoric ester groups is 1. The summed E-state index contributed by atoms with van der Waals surface area (Å²) in [6.07, 6.45) is 16.3. The Kier molecular flexibility index (Phi) is 19.8. The van der Waals surface area contributed by atoms with E-state index >= 15 is 0 Å². The van der Waals surface area contributed by atoms with Crippen molar-refractivity contribution in [2.75, 3.05) is 32.2 Å². The standard InChI is InChI=1S/C49H65ClFN6O9P/c1-4-5-6-7-8-9-10-11-12-13-14-15-16-17-20-25-59-31-39(60-30-37-26-36(29-52)27-38(51)28-37)32-61-67(58,66-43-22-19-18-21-40(43)50)62-34-49(33-53)46-45(63-48(2,3)65-46)44(64-49)41-23-24-42-47(54)55-35-56-57(41)42/h18-19,21-24,26-28,35,39,44-46H,4-17,20,25,30-32,34H2,1-3H3,(H2,54,55,56)/t39-,44+,45+,46+,49-,67?/m1/s1. The second-order valence-electron chi connectivity index (χ2n) is 17.7. The molecule has 2 aromatic carbocycles. The van der Waals surface area contributed by atoms with Crippen LogP contribution in [0.2, 0.25) is 5.02 Å². The molecule has 0 spiro atoms. The number of aromatic nitrogens is 3. The van der Waals surface area contributed by atoms with Crippen molar-refractivity contribution in [2.45, 2.75) is 159 Å². The number of anilines is 1. The predicted octanol–water partition coefficient (Wildman–Crippen LogP) is 11.5. The number of fused-ring (bicyclic) bond motifs is 2. The molecule has 1 unspecified atom stereocenters. The summed E-state index contributed by atoms with van der Waals surface area (Å²) >= 11 is 6.46. The molecule has 2 saturated heterocycles. The minimum absolute atomic E-state index is 0.00853. The Balaban J connectivity index is 1.09. The second kappa shape index (κ2) is 25.4. The largest absolute Gasteiger partial charge is 0.530 e. The lowest BCUT2D eigenvalue weighted by Gasteiger charge is -2.30. The van der Waals surface area contributed by atoms with Crippen LogP contribution >= 0.6 is 19.4 Å². The van der Waals surface area contributed by atoms with Gasteiger partial charge in [-0.2, -0.15) is 15.6 Å². The smallest absolute Gasteiger partial charge is 0.402 e. The molecule has 2 aliphatic heterocycles. The lowest BCUT2D eigenvalue weighted by atomic mass is 9.96. The van der Waals surface area contributed by atoms with Crippen molar-refractivity contribution >= 4 is 30.8 Å². The number of hydrogen-bond acceptors (Lipinski definition) is 14. The number of nitrogen functional groups attached to an aromatic ring is 1. The third-order valence-corrected chi connectivity index (χ3v) is 13.5. The average Bonchev–Trinajstić information content (AvgIpc) is 3.98. The van der Waals surface area contributed by atoms with Gasteiger partial charge in [0.1, 0.15) is 60.5 Å². The summed E-state index contributed by atoms with van der Waals surface area (Å²) in [7, 11) is -4.71. The van der Waals surface area contributed by atoms with Crippen LogP contribution in [0.1, 0.15) is 140 Å². The highest BCUT2D eigenvalue weighted by Crippen LogP contribution is 2.55. The first-order valence-electron chi connectivity index (χ1n) is 23.6. The number of para-hydroxylation sites is 1. The van der Waals surface area contributed by atoms with Gasteiger partial charge >= 0.3 is 7.82 Å². The zero-order valence-corrected chi connectivity index (χ0v) is 40.6. The van der Waals surface area contributed by atoms with Crippen LogP contribution in [0.4, 0.5) is 10.2 Å². The quantitative estimate of drug-likeness (QED) is 0.0383. The zero-order valence-electron chi connectivity index (χ0n) is 38.9. The van der Waals surface area contributed by atoms with Crippen molar-refractivity contribution < 1.29 is 46.2 Å². The van der Waals surface area contributed by atoms with Gasteiger partial charge in [0.05, 0.1) is 42.2 Å². The highest BCUT2D eigenvalue weighted by atomic mass is 35.5. The Morgan fingerprint density at radius 1 is 0.896 bits per heavy atom. The van der Waals surface area contributed by atoms with Gasteiger partial charge in [0.2, 0.25) is 5.60 Å². The number of ether oxygens (including phenoxy) is 5. The van der Waals surface area contributed by atoms with E-state index in [4.69, 9.17) is 54.6 Å². The molecule has 0 bridgehead atoms. The number of hydrogen-bond donors (Lipinski definition) is 1. The van der Waals surface area contributed by atoms with Gasteiger partial charge in [0.25, 0.3) is 0 Å². The zero-order chi connectivity index (χ0) is 47.7. The van der Waals surface area contributed by atoms with Gasteiger partial charge in [0, 0.05) is 6.61 Å². The fraction of sp³-hybridized carbons (Fsp3) is 0.592. The molecule has 2 N–H and O–H groups in total. The second-order valence-corrected chi connectivity index (χ2v) is 19.7. The maximum atomic E-state index is 14.9. The Morgan fingerprint density at radius 2 is 1.58 bits per heavy atom. The molecule has 0 aliphatic carbocycles. The van der Waals surface area contributed by atoms with Gasteiger partial charge in [-0.3, -0.25) is 9.05 Å².